The van der Waals surface area contributed by atoms with Gasteiger partial charge in [-0.2, -0.15) is 0 Å². The Morgan fingerprint density at radius 1 is 1.33 bits per heavy atom. The maximum atomic E-state index is 11.3. The molecule has 0 radical (unpaired) electrons. The summed E-state index contributed by atoms with van der Waals surface area (Å²) in [5.74, 6) is -1.33. The quantitative estimate of drug-likeness (QED) is 0.425. The highest BCUT2D eigenvalue weighted by Crippen LogP contribution is 2.27. The molecule has 5 nitrogen and oxygen atoms in total. The topological polar surface area (TPSA) is 75.6 Å². The van der Waals surface area contributed by atoms with Gasteiger partial charge in [0.05, 0.1) is 16.8 Å². The molecule has 1 heterocycles. The number of benzene rings is 1. The van der Waals surface area contributed by atoms with Crippen molar-refractivity contribution in [3.8, 4) is 0 Å². The molecule has 1 unspecified atom stereocenters. The molecule has 0 saturated carbocycles. The zero-order valence-corrected chi connectivity index (χ0v) is 7.98. The molecule has 1 aromatic rings. The first-order valence-corrected chi connectivity index (χ1v) is 4.43. The van der Waals surface area contributed by atoms with Gasteiger partial charge in [-0.25, -0.2) is 9.59 Å². The minimum atomic E-state index is -0.806. The third-order valence-electron chi connectivity index (χ3n) is 2.04. The molecule has 1 aromatic carbocycles. The Balaban J connectivity index is 2.50. The van der Waals surface area contributed by atoms with Crippen molar-refractivity contribution < 1.29 is 19.4 Å². The average Bonchev–Trinajstić information content (AvgIpc) is 2.43. The largest absolute Gasteiger partial charge is 0.386 e. The van der Waals surface area contributed by atoms with Gasteiger partial charge in [0.1, 0.15) is 6.23 Å². The lowest BCUT2D eigenvalue weighted by Crippen LogP contribution is -2.15. The Morgan fingerprint density at radius 2 is 2.07 bits per heavy atom. The molecule has 0 amide bonds. The van der Waals surface area contributed by atoms with Crippen LogP contribution in [-0.4, -0.2) is 23.3 Å². The number of hydrogen-bond acceptors (Lipinski definition) is 5. The SMILES string of the molecule is CC(O)Nc1cccc2c1C(=O)OC2=O. The van der Waals surface area contributed by atoms with Crippen molar-refractivity contribution in [2.45, 2.75) is 13.2 Å². The van der Waals surface area contributed by atoms with Crippen molar-refractivity contribution in [3.05, 3.63) is 29.3 Å². The highest BCUT2D eigenvalue weighted by Gasteiger charge is 2.32. The van der Waals surface area contributed by atoms with E-state index in [1.165, 1.54) is 13.0 Å². The van der Waals surface area contributed by atoms with E-state index in [1.54, 1.807) is 12.1 Å². The Kier molecular flexibility index (Phi) is 2.17. The van der Waals surface area contributed by atoms with Crippen LogP contribution in [-0.2, 0) is 4.74 Å². The molecule has 1 aliphatic rings. The lowest BCUT2D eigenvalue weighted by molar-refractivity contribution is 0.0444. The van der Waals surface area contributed by atoms with E-state index in [1.807, 2.05) is 0 Å². The number of fused-ring (bicyclic) bond motifs is 1. The van der Waals surface area contributed by atoms with Crippen molar-refractivity contribution in [3.63, 3.8) is 0 Å². The van der Waals surface area contributed by atoms with Gasteiger partial charge in [-0.3, -0.25) is 0 Å². The van der Waals surface area contributed by atoms with Crippen LogP contribution in [0.5, 0.6) is 0 Å². The van der Waals surface area contributed by atoms with Gasteiger partial charge >= 0.3 is 11.9 Å². The summed E-state index contributed by atoms with van der Waals surface area (Å²) in [6, 6.07) is 4.73. The monoisotopic (exact) mass is 207 g/mol. The highest BCUT2D eigenvalue weighted by molar-refractivity contribution is 6.17. The van der Waals surface area contributed by atoms with E-state index in [4.69, 9.17) is 5.11 Å². The second-order valence-electron chi connectivity index (χ2n) is 3.23. The number of esters is 2. The minimum absolute atomic E-state index is 0.184. The van der Waals surface area contributed by atoms with E-state index in [0.717, 1.165) is 0 Å². The van der Waals surface area contributed by atoms with E-state index < -0.39 is 18.2 Å². The molecule has 1 aliphatic heterocycles. The van der Waals surface area contributed by atoms with Gasteiger partial charge in [0.2, 0.25) is 0 Å². The van der Waals surface area contributed by atoms with Gasteiger partial charge in [0.15, 0.2) is 0 Å². The smallest absolute Gasteiger partial charge is 0.349 e. The van der Waals surface area contributed by atoms with Gasteiger partial charge in [-0.05, 0) is 19.1 Å². The molecule has 15 heavy (non-hydrogen) atoms. The number of ether oxygens (including phenoxy) is 1. The predicted molar refractivity (Wildman–Crippen MR) is 51.5 cm³/mol. The second-order valence-corrected chi connectivity index (χ2v) is 3.23. The van der Waals surface area contributed by atoms with E-state index in [2.05, 4.69) is 10.1 Å². The van der Waals surface area contributed by atoms with Crippen LogP contribution in [0.2, 0.25) is 0 Å². The summed E-state index contributed by atoms with van der Waals surface area (Å²) in [5.41, 5.74) is 0.812. The lowest BCUT2D eigenvalue weighted by Gasteiger charge is -2.10. The van der Waals surface area contributed by atoms with Crippen LogP contribution in [0.25, 0.3) is 0 Å². The number of rotatable bonds is 2. The summed E-state index contributed by atoms with van der Waals surface area (Å²) in [5, 5.41) is 11.8. The highest BCUT2D eigenvalue weighted by atomic mass is 16.6. The summed E-state index contributed by atoms with van der Waals surface area (Å²) in [6.45, 7) is 1.52. The summed E-state index contributed by atoms with van der Waals surface area (Å²) in [6.07, 6.45) is -0.806. The van der Waals surface area contributed by atoms with E-state index in [0.29, 0.717) is 5.69 Å². The first-order chi connectivity index (χ1) is 7.09. The summed E-state index contributed by atoms with van der Waals surface area (Å²) in [4.78, 5) is 22.5. The zero-order chi connectivity index (χ0) is 11.0. The van der Waals surface area contributed by atoms with Crippen molar-refractivity contribution in [1.29, 1.82) is 0 Å². The normalized spacial score (nSPS) is 15.9. The van der Waals surface area contributed by atoms with Crippen molar-refractivity contribution >= 4 is 17.6 Å². The number of anilines is 1. The number of carbonyl (C=O) groups excluding carboxylic acids is 2. The maximum absolute atomic E-state index is 11.3. The summed E-state index contributed by atoms with van der Waals surface area (Å²) < 4.78 is 4.45. The lowest BCUT2D eigenvalue weighted by atomic mass is 10.1. The molecule has 0 fully saturated rings. The number of aliphatic hydroxyl groups excluding tert-OH is 1. The van der Waals surface area contributed by atoms with Gasteiger partial charge < -0.3 is 15.2 Å². The second kappa shape index (κ2) is 3.36. The number of cyclic esters (lactones) is 2. The van der Waals surface area contributed by atoms with Crippen molar-refractivity contribution in [1.82, 2.24) is 0 Å². The third kappa shape index (κ3) is 1.57. The molecule has 0 aliphatic carbocycles. The van der Waals surface area contributed by atoms with E-state index in [-0.39, 0.29) is 11.1 Å². The van der Waals surface area contributed by atoms with Crippen LogP contribution in [0.15, 0.2) is 18.2 Å². The standard InChI is InChI=1S/C10H9NO4/c1-5(12)11-7-4-2-3-6-8(7)10(14)15-9(6)13/h2-5,11-12H,1H3. The van der Waals surface area contributed by atoms with Crippen LogP contribution in [0.1, 0.15) is 27.6 Å². The fraction of sp³-hybridized carbons (Fsp3) is 0.200. The molecule has 5 heteroatoms. The molecule has 0 saturated heterocycles. The Morgan fingerprint density at radius 3 is 2.73 bits per heavy atom. The molecular formula is C10H9NO4. The van der Waals surface area contributed by atoms with Crippen molar-refractivity contribution in [2.24, 2.45) is 0 Å². The molecule has 1 atom stereocenters. The van der Waals surface area contributed by atoms with Gasteiger partial charge in [-0.1, -0.05) is 6.07 Å². The molecular weight excluding hydrogens is 198 g/mol. The average molecular weight is 207 g/mol. The summed E-state index contributed by atoms with van der Waals surface area (Å²) >= 11 is 0. The molecule has 0 spiro atoms. The molecule has 2 rings (SSSR count). The molecule has 78 valence electrons. The van der Waals surface area contributed by atoms with E-state index in [9.17, 15) is 9.59 Å². The minimum Gasteiger partial charge on any atom is -0.386 e. The van der Waals surface area contributed by atoms with Crippen LogP contribution < -0.4 is 5.32 Å². The Hall–Kier alpha value is -1.88. The number of aliphatic hydroxyl groups is 1. The Bertz CT molecular complexity index is 439. The first-order valence-electron chi connectivity index (χ1n) is 4.43. The van der Waals surface area contributed by atoms with Gasteiger partial charge in [0, 0.05) is 0 Å². The number of nitrogens with one attached hydrogen (secondary N) is 1. The molecule has 2 N–H and O–H groups in total. The van der Waals surface area contributed by atoms with Gasteiger partial charge in [-0.15, -0.1) is 0 Å². The zero-order valence-electron chi connectivity index (χ0n) is 7.98. The molecule has 0 aromatic heterocycles. The van der Waals surface area contributed by atoms with Crippen LogP contribution in [0.4, 0.5) is 5.69 Å². The molecule has 0 bridgehead atoms. The number of carbonyl (C=O) groups is 2. The summed E-state index contributed by atoms with van der Waals surface area (Å²) in [7, 11) is 0. The predicted octanol–water partition coefficient (Wildman–Crippen LogP) is 0.747. The first kappa shape index (κ1) is 9.67. The van der Waals surface area contributed by atoms with Crippen molar-refractivity contribution in [2.75, 3.05) is 5.32 Å². The van der Waals surface area contributed by atoms with Crippen LogP contribution in [0.3, 0.4) is 0 Å². The third-order valence-corrected chi connectivity index (χ3v) is 2.04. The fourth-order valence-electron chi connectivity index (χ4n) is 1.48. The number of hydrogen-bond donors (Lipinski definition) is 2. The van der Waals surface area contributed by atoms with Crippen LogP contribution >= 0.6 is 0 Å². The van der Waals surface area contributed by atoms with Gasteiger partial charge in [0.25, 0.3) is 0 Å². The maximum Gasteiger partial charge on any atom is 0.349 e. The fourth-order valence-corrected chi connectivity index (χ4v) is 1.48. The van der Waals surface area contributed by atoms with Crippen LogP contribution in [0, 0.1) is 0 Å². The van der Waals surface area contributed by atoms with E-state index >= 15 is 0 Å². The Labute approximate surface area is 85.7 Å².